The molecule has 0 atom stereocenters. The quantitative estimate of drug-likeness (QED) is 0.630. The number of Topliss-reactive ketones (excluding diaryl/α,β-unsaturated/α-hetero) is 1. The van der Waals surface area contributed by atoms with Gasteiger partial charge >= 0.3 is 0 Å². The van der Waals surface area contributed by atoms with E-state index in [4.69, 9.17) is 14.7 Å². The molecule has 5 heteroatoms. The first-order chi connectivity index (χ1) is 11.2. The standard InChI is InChI=1S/C18H19NO4/c1-13-7-3-6-10-17(13)23-12-14-8-4-5-9-15(14)18(19-22-2)16(21)11-20/h3-10,20H,11-12H2,1-2H3/b19-18+. The van der Waals surface area contributed by atoms with Gasteiger partial charge in [-0.05, 0) is 24.1 Å². The van der Waals surface area contributed by atoms with Gasteiger partial charge in [0.1, 0.15) is 26.1 Å². The van der Waals surface area contributed by atoms with Gasteiger partial charge in [-0.2, -0.15) is 0 Å². The molecule has 0 radical (unpaired) electrons. The molecular formula is C18H19NO4. The van der Waals surface area contributed by atoms with Crippen LogP contribution in [0.3, 0.4) is 0 Å². The van der Waals surface area contributed by atoms with Crippen molar-refractivity contribution >= 4 is 11.5 Å². The zero-order valence-electron chi connectivity index (χ0n) is 13.2. The minimum atomic E-state index is -0.630. The number of para-hydroxylation sites is 1. The largest absolute Gasteiger partial charge is 0.489 e. The van der Waals surface area contributed by atoms with Gasteiger partial charge in [0, 0.05) is 5.56 Å². The average Bonchev–Trinajstić information content (AvgIpc) is 2.59. The molecule has 0 heterocycles. The number of rotatable bonds is 7. The Morgan fingerprint density at radius 2 is 1.83 bits per heavy atom. The van der Waals surface area contributed by atoms with E-state index < -0.39 is 12.4 Å². The molecule has 0 fully saturated rings. The molecule has 2 rings (SSSR count). The van der Waals surface area contributed by atoms with Gasteiger partial charge in [-0.15, -0.1) is 0 Å². The molecule has 0 aliphatic carbocycles. The topological polar surface area (TPSA) is 68.1 Å². The lowest BCUT2D eigenvalue weighted by Gasteiger charge is -2.13. The number of oxime groups is 1. The van der Waals surface area contributed by atoms with Crippen LogP contribution >= 0.6 is 0 Å². The van der Waals surface area contributed by atoms with Crippen LogP contribution in [0.1, 0.15) is 16.7 Å². The van der Waals surface area contributed by atoms with Gasteiger partial charge in [0.25, 0.3) is 0 Å². The van der Waals surface area contributed by atoms with Crippen LogP contribution in [-0.4, -0.2) is 30.3 Å². The fourth-order valence-corrected chi connectivity index (χ4v) is 2.17. The van der Waals surface area contributed by atoms with E-state index in [0.29, 0.717) is 5.56 Å². The smallest absolute Gasteiger partial charge is 0.210 e. The van der Waals surface area contributed by atoms with E-state index in [1.807, 2.05) is 43.3 Å². The van der Waals surface area contributed by atoms with E-state index in [1.165, 1.54) is 7.11 Å². The number of ketones is 1. The third kappa shape index (κ3) is 4.17. The zero-order chi connectivity index (χ0) is 16.7. The Labute approximate surface area is 135 Å². The number of benzene rings is 2. The fourth-order valence-electron chi connectivity index (χ4n) is 2.17. The van der Waals surface area contributed by atoms with Crippen LogP contribution in [0.15, 0.2) is 53.7 Å². The Balaban J connectivity index is 2.28. The number of aryl methyl sites for hydroxylation is 1. The van der Waals surface area contributed by atoms with Crippen LogP contribution < -0.4 is 4.74 Å². The second-order valence-electron chi connectivity index (χ2n) is 4.92. The molecule has 1 N–H and O–H groups in total. The first-order valence-corrected chi connectivity index (χ1v) is 7.19. The Morgan fingerprint density at radius 1 is 1.13 bits per heavy atom. The van der Waals surface area contributed by atoms with Crippen molar-refractivity contribution in [3.63, 3.8) is 0 Å². The molecule has 0 aliphatic rings. The van der Waals surface area contributed by atoms with Gasteiger partial charge in [0.05, 0.1) is 0 Å². The van der Waals surface area contributed by atoms with E-state index in [2.05, 4.69) is 5.16 Å². The minimum Gasteiger partial charge on any atom is -0.489 e. The summed E-state index contributed by atoms with van der Waals surface area (Å²) in [6.45, 7) is 1.62. The molecular weight excluding hydrogens is 294 g/mol. The maximum atomic E-state index is 11.9. The van der Waals surface area contributed by atoms with Gasteiger partial charge in [0.2, 0.25) is 5.78 Å². The molecule has 0 saturated carbocycles. The molecule has 2 aromatic carbocycles. The predicted molar refractivity (Wildman–Crippen MR) is 87.6 cm³/mol. The first kappa shape index (κ1) is 16.7. The number of hydrogen-bond acceptors (Lipinski definition) is 5. The highest BCUT2D eigenvalue weighted by molar-refractivity contribution is 6.46. The summed E-state index contributed by atoms with van der Waals surface area (Å²) >= 11 is 0. The predicted octanol–water partition coefficient (Wildman–Crippen LogP) is 2.49. The number of carbonyl (C=O) groups is 1. The van der Waals surface area contributed by atoms with E-state index in [1.54, 1.807) is 12.1 Å². The first-order valence-electron chi connectivity index (χ1n) is 7.19. The number of aliphatic hydroxyl groups is 1. The third-order valence-electron chi connectivity index (χ3n) is 3.34. The number of aliphatic hydroxyl groups excluding tert-OH is 1. The molecule has 5 nitrogen and oxygen atoms in total. The Bertz CT molecular complexity index is 710. The van der Waals surface area contributed by atoms with E-state index in [-0.39, 0.29) is 12.3 Å². The van der Waals surface area contributed by atoms with E-state index in [9.17, 15) is 4.79 Å². The molecule has 0 amide bonds. The van der Waals surface area contributed by atoms with Crippen molar-refractivity contribution in [1.29, 1.82) is 0 Å². The van der Waals surface area contributed by atoms with Gasteiger partial charge in [0.15, 0.2) is 5.71 Å². The van der Waals surface area contributed by atoms with Crippen molar-refractivity contribution in [3.05, 3.63) is 65.2 Å². The van der Waals surface area contributed by atoms with Crippen molar-refractivity contribution in [2.45, 2.75) is 13.5 Å². The van der Waals surface area contributed by atoms with Crippen LogP contribution in [0, 0.1) is 6.92 Å². The Hall–Kier alpha value is -2.66. The third-order valence-corrected chi connectivity index (χ3v) is 3.34. The van der Waals surface area contributed by atoms with Crippen molar-refractivity contribution in [1.82, 2.24) is 0 Å². The van der Waals surface area contributed by atoms with Crippen molar-refractivity contribution < 1.29 is 19.5 Å². The second kappa shape index (κ2) is 8.10. The normalized spacial score (nSPS) is 11.2. The summed E-state index contributed by atoms with van der Waals surface area (Å²) in [7, 11) is 1.36. The number of ether oxygens (including phenoxy) is 1. The fraction of sp³-hybridized carbons (Fsp3) is 0.222. The van der Waals surface area contributed by atoms with Crippen molar-refractivity contribution in [2.24, 2.45) is 5.16 Å². The highest BCUT2D eigenvalue weighted by atomic mass is 16.6. The van der Waals surface area contributed by atoms with E-state index in [0.717, 1.165) is 16.9 Å². The molecule has 0 saturated heterocycles. The summed E-state index contributed by atoms with van der Waals surface area (Å²) in [5.41, 5.74) is 2.48. The number of hydrogen-bond donors (Lipinski definition) is 1. The Morgan fingerprint density at radius 3 is 2.52 bits per heavy atom. The summed E-state index contributed by atoms with van der Waals surface area (Å²) in [6, 6.07) is 15.0. The van der Waals surface area contributed by atoms with Gasteiger partial charge < -0.3 is 14.7 Å². The Kier molecular flexibility index (Phi) is 5.88. The maximum Gasteiger partial charge on any atom is 0.210 e. The van der Waals surface area contributed by atoms with Crippen LogP contribution in [0.5, 0.6) is 5.75 Å². The van der Waals surface area contributed by atoms with Crippen LogP contribution in [0.2, 0.25) is 0 Å². The summed E-state index contributed by atoms with van der Waals surface area (Å²) in [4.78, 5) is 16.6. The molecule has 23 heavy (non-hydrogen) atoms. The SMILES string of the molecule is CO/N=C(/C(=O)CO)c1ccccc1COc1ccccc1C. The van der Waals surface area contributed by atoms with Crippen LogP contribution in [0.4, 0.5) is 0 Å². The lowest BCUT2D eigenvalue weighted by atomic mass is 10.0. The summed E-state index contributed by atoms with van der Waals surface area (Å²) < 4.78 is 5.84. The van der Waals surface area contributed by atoms with Gasteiger partial charge in [-0.1, -0.05) is 47.6 Å². The monoisotopic (exact) mass is 313 g/mol. The molecule has 0 aliphatic heterocycles. The number of carbonyl (C=O) groups excluding carboxylic acids is 1. The molecule has 0 unspecified atom stereocenters. The summed E-state index contributed by atoms with van der Waals surface area (Å²) in [5.74, 6) is 0.274. The molecule has 0 spiro atoms. The average molecular weight is 313 g/mol. The highest BCUT2D eigenvalue weighted by Gasteiger charge is 2.17. The molecule has 120 valence electrons. The minimum absolute atomic E-state index is 0.0824. The van der Waals surface area contributed by atoms with Crippen LogP contribution in [0.25, 0.3) is 0 Å². The lowest BCUT2D eigenvalue weighted by Crippen LogP contribution is -2.21. The lowest BCUT2D eigenvalue weighted by molar-refractivity contribution is -0.115. The number of nitrogens with zero attached hydrogens (tertiary/aromatic N) is 1. The maximum absolute atomic E-state index is 11.9. The van der Waals surface area contributed by atoms with Gasteiger partial charge in [-0.25, -0.2) is 0 Å². The van der Waals surface area contributed by atoms with Crippen LogP contribution in [-0.2, 0) is 16.2 Å². The molecule has 2 aromatic rings. The molecule has 0 bridgehead atoms. The van der Waals surface area contributed by atoms with Crippen molar-refractivity contribution in [3.8, 4) is 5.75 Å². The highest BCUT2D eigenvalue weighted by Crippen LogP contribution is 2.19. The second-order valence-corrected chi connectivity index (χ2v) is 4.92. The van der Waals surface area contributed by atoms with Crippen molar-refractivity contribution in [2.75, 3.05) is 13.7 Å². The summed E-state index contributed by atoms with van der Waals surface area (Å²) in [6.07, 6.45) is 0. The summed E-state index contributed by atoms with van der Waals surface area (Å²) in [5, 5.41) is 12.9. The molecule has 0 aromatic heterocycles. The zero-order valence-corrected chi connectivity index (χ0v) is 13.2. The van der Waals surface area contributed by atoms with Gasteiger partial charge in [-0.3, -0.25) is 4.79 Å². The van der Waals surface area contributed by atoms with E-state index >= 15 is 0 Å².